The largest absolute Gasteiger partial charge is 0.0882 e. The molecule has 2 aliphatic rings. The third-order valence-electron chi connectivity index (χ3n) is 3.56. The SMILES string of the molecule is C1=CC2CCCCCCC2CC1. The molecule has 0 nitrogen and oxygen atoms in total. The van der Waals surface area contributed by atoms with Gasteiger partial charge in [0, 0.05) is 0 Å². The second kappa shape index (κ2) is 4.11. The minimum absolute atomic E-state index is 0.957. The van der Waals surface area contributed by atoms with E-state index in [-0.39, 0.29) is 0 Å². The van der Waals surface area contributed by atoms with Gasteiger partial charge in [-0.05, 0) is 37.5 Å². The fourth-order valence-corrected chi connectivity index (χ4v) is 2.78. The van der Waals surface area contributed by atoms with Crippen LogP contribution in [0.5, 0.6) is 0 Å². The van der Waals surface area contributed by atoms with E-state index < -0.39 is 0 Å². The van der Waals surface area contributed by atoms with E-state index in [4.69, 9.17) is 0 Å². The quantitative estimate of drug-likeness (QED) is 0.476. The Labute approximate surface area is 76.1 Å². The molecule has 0 amide bonds. The lowest BCUT2D eigenvalue weighted by Gasteiger charge is -2.29. The molecule has 2 rings (SSSR count). The van der Waals surface area contributed by atoms with E-state index >= 15 is 0 Å². The fourth-order valence-electron chi connectivity index (χ4n) is 2.78. The molecule has 0 spiro atoms. The van der Waals surface area contributed by atoms with Gasteiger partial charge < -0.3 is 0 Å². The van der Waals surface area contributed by atoms with Crippen LogP contribution in [0.3, 0.4) is 0 Å². The summed E-state index contributed by atoms with van der Waals surface area (Å²) in [7, 11) is 0. The molecular weight excluding hydrogens is 144 g/mol. The molecule has 0 aromatic heterocycles. The van der Waals surface area contributed by atoms with Crippen LogP contribution in [0.4, 0.5) is 0 Å². The van der Waals surface area contributed by atoms with E-state index in [1.54, 1.807) is 0 Å². The Kier molecular flexibility index (Phi) is 2.86. The van der Waals surface area contributed by atoms with Crippen LogP contribution in [0, 0.1) is 11.8 Å². The Hall–Kier alpha value is -0.260. The van der Waals surface area contributed by atoms with Crippen LogP contribution in [-0.4, -0.2) is 0 Å². The Bertz CT molecular complexity index is 157. The maximum atomic E-state index is 2.50. The van der Waals surface area contributed by atoms with Gasteiger partial charge in [0.2, 0.25) is 0 Å². The fraction of sp³-hybridized carbons (Fsp3) is 0.833. The van der Waals surface area contributed by atoms with E-state index in [0.717, 1.165) is 11.8 Å². The van der Waals surface area contributed by atoms with Gasteiger partial charge in [-0.3, -0.25) is 0 Å². The van der Waals surface area contributed by atoms with Gasteiger partial charge in [0.05, 0.1) is 0 Å². The average Bonchev–Trinajstić information content (AvgIpc) is 2.06. The van der Waals surface area contributed by atoms with Crippen LogP contribution in [0.15, 0.2) is 12.2 Å². The molecule has 12 heavy (non-hydrogen) atoms. The third-order valence-corrected chi connectivity index (χ3v) is 3.56. The molecular formula is C12H20. The van der Waals surface area contributed by atoms with Crippen LogP contribution in [0.1, 0.15) is 51.4 Å². The molecule has 0 aromatic rings. The molecule has 0 N–H and O–H groups in total. The van der Waals surface area contributed by atoms with Crippen LogP contribution < -0.4 is 0 Å². The van der Waals surface area contributed by atoms with Crippen molar-refractivity contribution in [3.8, 4) is 0 Å². The molecule has 0 heteroatoms. The van der Waals surface area contributed by atoms with Crippen molar-refractivity contribution in [3.63, 3.8) is 0 Å². The maximum Gasteiger partial charge on any atom is -0.0205 e. The minimum Gasteiger partial charge on any atom is -0.0882 e. The summed E-state index contributed by atoms with van der Waals surface area (Å²) in [5.41, 5.74) is 0. The molecule has 0 aliphatic heterocycles. The monoisotopic (exact) mass is 164 g/mol. The van der Waals surface area contributed by atoms with Crippen LogP contribution in [0.2, 0.25) is 0 Å². The van der Waals surface area contributed by atoms with Gasteiger partial charge in [-0.15, -0.1) is 0 Å². The number of fused-ring (bicyclic) bond motifs is 1. The minimum atomic E-state index is 0.957. The number of rotatable bonds is 0. The Balaban J connectivity index is 1.96. The van der Waals surface area contributed by atoms with Gasteiger partial charge in [-0.1, -0.05) is 37.8 Å². The summed E-state index contributed by atoms with van der Waals surface area (Å²) in [5.74, 6) is 2.01. The van der Waals surface area contributed by atoms with Crippen molar-refractivity contribution in [2.24, 2.45) is 11.8 Å². The van der Waals surface area contributed by atoms with Crippen molar-refractivity contribution in [2.45, 2.75) is 51.4 Å². The number of hydrogen-bond acceptors (Lipinski definition) is 0. The van der Waals surface area contributed by atoms with Crippen LogP contribution in [-0.2, 0) is 0 Å². The summed E-state index contributed by atoms with van der Waals surface area (Å²) < 4.78 is 0. The van der Waals surface area contributed by atoms with Gasteiger partial charge in [0.1, 0.15) is 0 Å². The van der Waals surface area contributed by atoms with E-state index in [0.29, 0.717) is 0 Å². The van der Waals surface area contributed by atoms with Crippen LogP contribution >= 0.6 is 0 Å². The first-order chi connectivity index (χ1) is 5.97. The highest BCUT2D eigenvalue weighted by atomic mass is 14.3. The lowest BCUT2D eigenvalue weighted by atomic mass is 9.76. The van der Waals surface area contributed by atoms with Gasteiger partial charge in [-0.2, -0.15) is 0 Å². The first-order valence-electron chi connectivity index (χ1n) is 5.63. The van der Waals surface area contributed by atoms with E-state index in [1.807, 2.05) is 0 Å². The highest BCUT2D eigenvalue weighted by molar-refractivity contribution is 4.97. The Morgan fingerprint density at radius 1 is 0.833 bits per heavy atom. The van der Waals surface area contributed by atoms with E-state index in [9.17, 15) is 0 Å². The lowest BCUT2D eigenvalue weighted by molar-refractivity contribution is 0.282. The van der Waals surface area contributed by atoms with E-state index in [1.165, 1.54) is 51.4 Å². The third kappa shape index (κ3) is 1.91. The summed E-state index contributed by atoms with van der Waals surface area (Å²) >= 11 is 0. The molecule has 68 valence electrons. The number of allylic oxidation sites excluding steroid dienone is 2. The average molecular weight is 164 g/mol. The van der Waals surface area contributed by atoms with Crippen molar-refractivity contribution >= 4 is 0 Å². The molecule has 2 unspecified atom stereocenters. The molecule has 1 fully saturated rings. The van der Waals surface area contributed by atoms with Crippen molar-refractivity contribution in [3.05, 3.63) is 12.2 Å². The van der Waals surface area contributed by atoms with Gasteiger partial charge in [0.15, 0.2) is 0 Å². The molecule has 1 saturated carbocycles. The zero-order chi connectivity index (χ0) is 8.23. The normalized spacial score (nSPS) is 36.7. The summed E-state index contributed by atoms with van der Waals surface area (Å²) in [4.78, 5) is 0. The van der Waals surface area contributed by atoms with Crippen molar-refractivity contribution < 1.29 is 0 Å². The molecule has 0 radical (unpaired) electrons. The summed E-state index contributed by atoms with van der Waals surface area (Å²) in [6.07, 6.45) is 16.7. The van der Waals surface area contributed by atoms with Gasteiger partial charge in [0.25, 0.3) is 0 Å². The van der Waals surface area contributed by atoms with E-state index in [2.05, 4.69) is 12.2 Å². The second-order valence-electron chi connectivity index (χ2n) is 4.42. The Morgan fingerprint density at radius 2 is 1.67 bits per heavy atom. The number of hydrogen-bond donors (Lipinski definition) is 0. The summed E-state index contributed by atoms with van der Waals surface area (Å²) in [6.45, 7) is 0. The topological polar surface area (TPSA) is 0 Å². The Morgan fingerprint density at radius 3 is 2.58 bits per heavy atom. The second-order valence-corrected chi connectivity index (χ2v) is 4.42. The zero-order valence-corrected chi connectivity index (χ0v) is 7.97. The maximum absolute atomic E-state index is 2.50. The van der Waals surface area contributed by atoms with Crippen molar-refractivity contribution in [2.75, 3.05) is 0 Å². The smallest absolute Gasteiger partial charge is 0.0205 e. The molecule has 0 aromatic carbocycles. The predicted octanol–water partition coefficient (Wildman–Crippen LogP) is 3.92. The standard InChI is InChI=1S/C12H20/c1-2-4-8-12-10-6-5-9-11(12)7-3-1/h5,9,11-12H,1-4,6-8,10H2. The first-order valence-corrected chi connectivity index (χ1v) is 5.63. The predicted molar refractivity (Wildman–Crippen MR) is 53.1 cm³/mol. The molecule has 2 atom stereocenters. The molecule has 0 bridgehead atoms. The lowest BCUT2D eigenvalue weighted by Crippen LogP contribution is -2.17. The van der Waals surface area contributed by atoms with Gasteiger partial charge in [-0.25, -0.2) is 0 Å². The highest BCUT2D eigenvalue weighted by Gasteiger charge is 2.21. The summed E-state index contributed by atoms with van der Waals surface area (Å²) in [6, 6.07) is 0. The molecule has 0 saturated heterocycles. The molecule has 0 heterocycles. The zero-order valence-electron chi connectivity index (χ0n) is 7.97. The molecule has 2 aliphatic carbocycles. The highest BCUT2D eigenvalue weighted by Crippen LogP contribution is 2.34. The first kappa shape index (κ1) is 8.34. The van der Waals surface area contributed by atoms with Crippen molar-refractivity contribution in [1.82, 2.24) is 0 Å². The van der Waals surface area contributed by atoms with Gasteiger partial charge >= 0.3 is 0 Å². The summed E-state index contributed by atoms with van der Waals surface area (Å²) in [5, 5.41) is 0. The van der Waals surface area contributed by atoms with Crippen molar-refractivity contribution in [1.29, 1.82) is 0 Å². The van der Waals surface area contributed by atoms with Crippen LogP contribution in [0.25, 0.3) is 0 Å².